The summed E-state index contributed by atoms with van der Waals surface area (Å²) >= 11 is 0. The number of piperidine rings is 1. The highest BCUT2D eigenvalue weighted by molar-refractivity contribution is 7.86. The highest BCUT2D eigenvalue weighted by Crippen LogP contribution is 2.20. The van der Waals surface area contributed by atoms with Crippen LogP contribution >= 0.6 is 0 Å². The molecule has 2 rings (SSSR count). The molecule has 0 spiro atoms. The van der Waals surface area contributed by atoms with E-state index in [0.717, 1.165) is 0 Å². The van der Waals surface area contributed by atoms with Crippen LogP contribution in [0.25, 0.3) is 0 Å². The van der Waals surface area contributed by atoms with Crippen molar-refractivity contribution >= 4 is 16.1 Å². The molecule has 1 aromatic heterocycles. The average molecular weight is 315 g/mol. The van der Waals surface area contributed by atoms with Crippen LogP contribution in [0.3, 0.4) is 0 Å². The van der Waals surface area contributed by atoms with Crippen molar-refractivity contribution in [2.45, 2.75) is 19.4 Å². The third-order valence-corrected chi connectivity index (χ3v) is 5.47. The molecule has 1 amide bonds. The first-order valence-corrected chi connectivity index (χ1v) is 8.28. The smallest absolute Gasteiger partial charge is 0.281 e. The van der Waals surface area contributed by atoms with Gasteiger partial charge in [0.25, 0.3) is 10.2 Å². The normalized spacial score (nSPS) is 20.6. The van der Waals surface area contributed by atoms with E-state index in [1.807, 2.05) is 0 Å². The minimum absolute atomic E-state index is 0.134. The highest BCUT2D eigenvalue weighted by atomic mass is 32.2. The highest BCUT2D eigenvalue weighted by Gasteiger charge is 2.33. The van der Waals surface area contributed by atoms with Gasteiger partial charge in [-0.1, -0.05) is 0 Å². The Balaban J connectivity index is 1.93. The minimum atomic E-state index is -3.46. The summed E-state index contributed by atoms with van der Waals surface area (Å²) in [6.07, 6.45) is 2.93. The van der Waals surface area contributed by atoms with Gasteiger partial charge in [0.05, 0.1) is 18.7 Å². The Bertz CT molecular complexity index is 568. The lowest BCUT2D eigenvalue weighted by atomic mass is 9.99. The molecule has 0 bridgehead atoms. The molecular formula is C13H21N3O4S. The van der Waals surface area contributed by atoms with Gasteiger partial charge < -0.3 is 9.73 Å². The van der Waals surface area contributed by atoms with Crippen molar-refractivity contribution < 1.29 is 17.6 Å². The Hall–Kier alpha value is -1.38. The second-order valence-corrected chi connectivity index (χ2v) is 7.43. The number of furan rings is 1. The molecule has 8 heteroatoms. The molecule has 1 atom stereocenters. The number of carbonyl (C=O) groups excluding carboxylic acids is 1. The van der Waals surface area contributed by atoms with Gasteiger partial charge in [0.1, 0.15) is 5.76 Å². The molecule has 0 saturated carbocycles. The topological polar surface area (TPSA) is 82.9 Å². The van der Waals surface area contributed by atoms with Gasteiger partial charge in [-0.05, 0) is 25.0 Å². The van der Waals surface area contributed by atoms with E-state index < -0.39 is 10.2 Å². The summed E-state index contributed by atoms with van der Waals surface area (Å²) in [6.45, 7) is 1.01. The maximum atomic E-state index is 12.1. The zero-order chi connectivity index (χ0) is 15.5. The molecular weight excluding hydrogens is 294 g/mol. The number of hydrogen-bond donors (Lipinski definition) is 1. The van der Waals surface area contributed by atoms with E-state index in [-0.39, 0.29) is 18.4 Å². The summed E-state index contributed by atoms with van der Waals surface area (Å²) in [5.41, 5.74) is 0. The molecule has 1 N–H and O–H groups in total. The van der Waals surface area contributed by atoms with Crippen LogP contribution in [0.1, 0.15) is 18.6 Å². The minimum Gasteiger partial charge on any atom is -0.467 e. The Morgan fingerprint density at radius 1 is 1.52 bits per heavy atom. The fourth-order valence-corrected chi connectivity index (χ4v) is 3.52. The molecule has 1 unspecified atom stereocenters. The molecule has 2 heterocycles. The van der Waals surface area contributed by atoms with Crippen LogP contribution in [-0.2, 0) is 21.5 Å². The first kappa shape index (κ1) is 16.0. The van der Waals surface area contributed by atoms with Gasteiger partial charge >= 0.3 is 0 Å². The molecule has 118 valence electrons. The largest absolute Gasteiger partial charge is 0.467 e. The summed E-state index contributed by atoms with van der Waals surface area (Å²) in [5.74, 6) is 0.227. The van der Waals surface area contributed by atoms with Gasteiger partial charge in [-0.2, -0.15) is 17.0 Å². The van der Waals surface area contributed by atoms with Crippen LogP contribution < -0.4 is 5.32 Å². The number of rotatable bonds is 5. The maximum absolute atomic E-state index is 12.1. The van der Waals surface area contributed by atoms with E-state index in [2.05, 4.69) is 5.32 Å². The lowest BCUT2D eigenvalue weighted by molar-refractivity contribution is -0.126. The monoisotopic (exact) mass is 315 g/mol. The molecule has 1 fully saturated rings. The summed E-state index contributed by atoms with van der Waals surface area (Å²) in [5, 5.41) is 2.79. The van der Waals surface area contributed by atoms with Gasteiger partial charge in [-0.15, -0.1) is 0 Å². The third kappa shape index (κ3) is 3.84. The van der Waals surface area contributed by atoms with E-state index in [0.29, 0.717) is 31.7 Å². The fraction of sp³-hybridized carbons (Fsp3) is 0.615. The van der Waals surface area contributed by atoms with E-state index in [1.54, 1.807) is 18.4 Å². The van der Waals surface area contributed by atoms with Crippen molar-refractivity contribution in [3.8, 4) is 0 Å². The maximum Gasteiger partial charge on any atom is 0.281 e. The Labute approximate surface area is 125 Å². The third-order valence-electron chi connectivity index (χ3n) is 3.56. The number of carbonyl (C=O) groups is 1. The van der Waals surface area contributed by atoms with Crippen molar-refractivity contribution in [3.63, 3.8) is 0 Å². The molecule has 1 aromatic rings. The van der Waals surface area contributed by atoms with Crippen LogP contribution in [0.5, 0.6) is 0 Å². The molecule has 0 aliphatic carbocycles. The summed E-state index contributed by atoms with van der Waals surface area (Å²) in [6, 6.07) is 3.54. The number of hydrogen-bond acceptors (Lipinski definition) is 4. The van der Waals surface area contributed by atoms with Crippen molar-refractivity contribution in [2.24, 2.45) is 5.92 Å². The van der Waals surface area contributed by atoms with Crippen LogP contribution in [0, 0.1) is 5.92 Å². The van der Waals surface area contributed by atoms with Crippen LogP contribution in [0.15, 0.2) is 22.8 Å². The predicted octanol–water partition coefficient (Wildman–Crippen LogP) is 0.414. The van der Waals surface area contributed by atoms with Crippen molar-refractivity contribution in [1.29, 1.82) is 0 Å². The van der Waals surface area contributed by atoms with E-state index in [4.69, 9.17) is 4.42 Å². The number of nitrogens with one attached hydrogen (secondary N) is 1. The predicted molar refractivity (Wildman–Crippen MR) is 77.5 cm³/mol. The summed E-state index contributed by atoms with van der Waals surface area (Å²) in [7, 11) is -0.464. The van der Waals surface area contributed by atoms with Gasteiger partial charge in [-0.25, -0.2) is 0 Å². The lowest BCUT2D eigenvalue weighted by Gasteiger charge is -2.32. The summed E-state index contributed by atoms with van der Waals surface area (Å²) in [4.78, 5) is 12.1. The molecule has 7 nitrogen and oxygen atoms in total. The molecule has 1 aliphatic rings. The summed E-state index contributed by atoms with van der Waals surface area (Å²) < 4.78 is 31.9. The van der Waals surface area contributed by atoms with Crippen LogP contribution in [-0.4, -0.2) is 50.1 Å². The average Bonchev–Trinajstić information content (AvgIpc) is 2.98. The zero-order valence-corrected chi connectivity index (χ0v) is 13.1. The van der Waals surface area contributed by atoms with Gasteiger partial charge in [0, 0.05) is 27.2 Å². The van der Waals surface area contributed by atoms with Crippen molar-refractivity contribution in [3.05, 3.63) is 24.2 Å². The second-order valence-electron chi connectivity index (χ2n) is 5.28. The Kier molecular flexibility index (Phi) is 5.02. The van der Waals surface area contributed by atoms with Gasteiger partial charge in [0.15, 0.2) is 0 Å². The molecule has 1 saturated heterocycles. The SMILES string of the molecule is CN(C)S(=O)(=O)N1CCCC(C(=O)NCc2ccco2)C1. The van der Waals surface area contributed by atoms with E-state index >= 15 is 0 Å². The van der Waals surface area contributed by atoms with Crippen molar-refractivity contribution in [2.75, 3.05) is 27.2 Å². The first-order valence-electron chi connectivity index (χ1n) is 6.89. The molecule has 0 radical (unpaired) electrons. The second kappa shape index (κ2) is 6.59. The molecule has 1 aliphatic heterocycles. The van der Waals surface area contributed by atoms with Crippen LogP contribution in [0.4, 0.5) is 0 Å². The first-order chi connectivity index (χ1) is 9.91. The zero-order valence-electron chi connectivity index (χ0n) is 12.3. The Morgan fingerprint density at radius 3 is 2.90 bits per heavy atom. The standard InChI is InChI=1S/C13H21N3O4S/c1-15(2)21(18,19)16-7-3-5-11(10-16)13(17)14-9-12-6-4-8-20-12/h4,6,8,11H,3,5,7,9-10H2,1-2H3,(H,14,17). The van der Waals surface area contributed by atoms with E-state index in [9.17, 15) is 13.2 Å². The lowest BCUT2D eigenvalue weighted by Crippen LogP contribution is -2.48. The molecule has 21 heavy (non-hydrogen) atoms. The van der Waals surface area contributed by atoms with E-state index in [1.165, 1.54) is 22.7 Å². The van der Waals surface area contributed by atoms with Gasteiger partial charge in [-0.3, -0.25) is 4.79 Å². The van der Waals surface area contributed by atoms with Gasteiger partial charge in [0.2, 0.25) is 5.91 Å². The van der Waals surface area contributed by atoms with Crippen molar-refractivity contribution in [1.82, 2.24) is 13.9 Å². The molecule has 0 aromatic carbocycles. The fourth-order valence-electron chi connectivity index (χ4n) is 2.33. The van der Waals surface area contributed by atoms with Crippen LogP contribution in [0.2, 0.25) is 0 Å². The number of nitrogens with zero attached hydrogens (tertiary/aromatic N) is 2. The Morgan fingerprint density at radius 2 is 2.29 bits per heavy atom. The number of amides is 1. The quantitative estimate of drug-likeness (QED) is 0.853.